The maximum Gasteiger partial charge on any atom is 0.143 e. The van der Waals surface area contributed by atoms with E-state index in [2.05, 4.69) is 0 Å². The number of phenolic OH excluding ortho intramolecular Hbond substituents is 1. The third-order valence-electron chi connectivity index (χ3n) is 2.20. The van der Waals surface area contributed by atoms with E-state index in [1.165, 1.54) is 0 Å². The summed E-state index contributed by atoms with van der Waals surface area (Å²) in [4.78, 5) is 0. The fraction of sp³-hybridized carbons (Fsp3) is 0. The fourth-order valence-electron chi connectivity index (χ4n) is 1.43. The highest BCUT2D eigenvalue weighted by atomic mass is 35.5. The maximum atomic E-state index is 9.86. The quantitative estimate of drug-likeness (QED) is 0.773. The Hall–Kier alpha value is -0.890. The summed E-state index contributed by atoms with van der Waals surface area (Å²) >= 11 is 17.5. The molecule has 4 heteroatoms. The smallest absolute Gasteiger partial charge is 0.143 e. The number of rotatable bonds is 1. The highest BCUT2D eigenvalue weighted by molar-refractivity contribution is 6.43. The van der Waals surface area contributed by atoms with Crippen LogP contribution in [0.2, 0.25) is 15.1 Å². The predicted octanol–water partition coefficient (Wildman–Crippen LogP) is 5.02. The van der Waals surface area contributed by atoms with Crippen LogP contribution in [0.1, 0.15) is 0 Å². The number of aromatic hydroxyl groups is 1. The number of phenols is 1. The molecular weight excluding hydrogens is 266 g/mol. The molecule has 82 valence electrons. The van der Waals surface area contributed by atoms with Gasteiger partial charge in [-0.2, -0.15) is 0 Å². The molecule has 2 aromatic rings. The minimum absolute atomic E-state index is 0.0311. The van der Waals surface area contributed by atoms with Crippen LogP contribution < -0.4 is 0 Å². The first-order valence-electron chi connectivity index (χ1n) is 4.52. The van der Waals surface area contributed by atoms with Crippen LogP contribution in [0.15, 0.2) is 36.4 Å². The van der Waals surface area contributed by atoms with E-state index >= 15 is 0 Å². The lowest BCUT2D eigenvalue weighted by Crippen LogP contribution is -1.81. The van der Waals surface area contributed by atoms with Crippen LogP contribution in [0, 0.1) is 0 Å². The first-order valence-corrected chi connectivity index (χ1v) is 5.66. The lowest BCUT2D eigenvalue weighted by atomic mass is 10.0. The molecule has 0 saturated heterocycles. The Morgan fingerprint density at radius 3 is 2.38 bits per heavy atom. The van der Waals surface area contributed by atoms with Gasteiger partial charge in [0.25, 0.3) is 0 Å². The third-order valence-corrected chi connectivity index (χ3v) is 3.23. The molecule has 0 fully saturated rings. The van der Waals surface area contributed by atoms with Crippen LogP contribution in [0.3, 0.4) is 0 Å². The molecule has 0 aliphatic heterocycles. The maximum absolute atomic E-state index is 9.86. The molecule has 0 spiro atoms. The summed E-state index contributed by atoms with van der Waals surface area (Å²) in [7, 11) is 0. The molecule has 1 N–H and O–H groups in total. The van der Waals surface area contributed by atoms with Gasteiger partial charge in [0.1, 0.15) is 10.8 Å². The Labute approximate surface area is 108 Å². The summed E-state index contributed by atoms with van der Waals surface area (Å²) in [6.45, 7) is 0. The lowest BCUT2D eigenvalue weighted by molar-refractivity contribution is 0.477. The van der Waals surface area contributed by atoms with Crippen molar-refractivity contribution in [2.24, 2.45) is 0 Å². The summed E-state index contributed by atoms with van der Waals surface area (Å²) in [6, 6.07) is 10.5. The van der Waals surface area contributed by atoms with Crippen LogP contribution in [0.25, 0.3) is 11.1 Å². The van der Waals surface area contributed by atoms with Gasteiger partial charge in [-0.15, -0.1) is 0 Å². The van der Waals surface area contributed by atoms with Crippen molar-refractivity contribution >= 4 is 34.8 Å². The van der Waals surface area contributed by atoms with Crippen molar-refractivity contribution in [1.82, 2.24) is 0 Å². The SMILES string of the molecule is Oc1c(-c2cccc(Cl)c2)ccc(Cl)c1Cl. The van der Waals surface area contributed by atoms with Crippen LogP contribution in [0.4, 0.5) is 0 Å². The summed E-state index contributed by atoms with van der Waals surface area (Å²) in [5, 5.41) is 10.9. The van der Waals surface area contributed by atoms with Crippen molar-refractivity contribution in [3.8, 4) is 16.9 Å². The molecule has 16 heavy (non-hydrogen) atoms. The van der Waals surface area contributed by atoms with Crippen LogP contribution in [-0.2, 0) is 0 Å². The lowest BCUT2D eigenvalue weighted by Gasteiger charge is -2.07. The number of hydrogen-bond acceptors (Lipinski definition) is 1. The fourth-order valence-corrected chi connectivity index (χ4v) is 1.94. The van der Waals surface area contributed by atoms with Crippen molar-refractivity contribution in [2.75, 3.05) is 0 Å². The Morgan fingerprint density at radius 1 is 0.938 bits per heavy atom. The van der Waals surface area contributed by atoms with Gasteiger partial charge in [-0.3, -0.25) is 0 Å². The summed E-state index contributed by atoms with van der Waals surface area (Å²) < 4.78 is 0. The van der Waals surface area contributed by atoms with E-state index in [1.54, 1.807) is 30.3 Å². The topological polar surface area (TPSA) is 20.2 Å². The molecule has 0 radical (unpaired) electrons. The molecule has 1 nitrogen and oxygen atoms in total. The predicted molar refractivity (Wildman–Crippen MR) is 68.6 cm³/mol. The molecule has 2 aromatic carbocycles. The Kier molecular flexibility index (Phi) is 3.29. The minimum Gasteiger partial charge on any atom is -0.506 e. The minimum atomic E-state index is -0.0311. The van der Waals surface area contributed by atoms with Crippen LogP contribution in [0.5, 0.6) is 5.75 Å². The second-order valence-electron chi connectivity index (χ2n) is 3.27. The zero-order chi connectivity index (χ0) is 11.7. The van der Waals surface area contributed by atoms with Gasteiger partial charge in [0.05, 0.1) is 5.02 Å². The molecule has 2 rings (SSSR count). The van der Waals surface area contributed by atoms with Crippen LogP contribution in [-0.4, -0.2) is 5.11 Å². The molecule has 0 saturated carbocycles. The Bertz CT molecular complexity index is 538. The van der Waals surface area contributed by atoms with E-state index in [9.17, 15) is 5.11 Å². The monoisotopic (exact) mass is 272 g/mol. The summed E-state index contributed by atoms with van der Waals surface area (Å²) in [5.41, 5.74) is 1.40. The standard InChI is InChI=1S/C12H7Cl3O/c13-8-3-1-2-7(6-8)9-4-5-10(14)11(15)12(9)16/h1-6,16H. The molecule has 0 heterocycles. The molecular formula is C12H7Cl3O. The summed E-state index contributed by atoms with van der Waals surface area (Å²) in [5.74, 6) is -0.0311. The molecule has 0 aliphatic rings. The molecule has 0 aromatic heterocycles. The van der Waals surface area contributed by atoms with Crippen molar-refractivity contribution in [2.45, 2.75) is 0 Å². The molecule has 0 unspecified atom stereocenters. The van der Waals surface area contributed by atoms with E-state index < -0.39 is 0 Å². The largest absolute Gasteiger partial charge is 0.506 e. The molecule has 0 bridgehead atoms. The first kappa shape index (κ1) is 11.6. The van der Waals surface area contributed by atoms with E-state index in [4.69, 9.17) is 34.8 Å². The van der Waals surface area contributed by atoms with Gasteiger partial charge >= 0.3 is 0 Å². The van der Waals surface area contributed by atoms with Gasteiger partial charge in [-0.05, 0) is 29.8 Å². The summed E-state index contributed by atoms with van der Waals surface area (Å²) in [6.07, 6.45) is 0. The molecule has 0 amide bonds. The average molecular weight is 274 g/mol. The number of halogens is 3. The van der Waals surface area contributed by atoms with E-state index in [-0.39, 0.29) is 10.8 Å². The van der Waals surface area contributed by atoms with Gasteiger partial charge in [0.2, 0.25) is 0 Å². The van der Waals surface area contributed by atoms with Crippen molar-refractivity contribution in [3.63, 3.8) is 0 Å². The van der Waals surface area contributed by atoms with Gasteiger partial charge in [0.15, 0.2) is 0 Å². The normalized spacial score (nSPS) is 10.4. The van der Waals surface area contributed by atoms with Crippen molar-refractivity contribution < 1.29 is 5.11 Å². The first-order chi connectivity index (χ1) is 7.59. The average Bonchev–Trinajstić information content (AvgIpc) is 2.26. The third kappa shape index (κ3) is 2.12. The zero-order valence-corrected chi connectivity index (χ0v) is 10.3. The van der Waals surface area contributed by atoms with Gasteiger partial charge in [0, 0.05) is 10.6 Å². The number of benzene rings is 2. The highest BCUT2D eigenvalue weighted by Crippen LogP contribution is 2.39. The van der Waals surface area contributed by atoms with E-state index in [0.29, 0.717) is 15.6 Å². The molecule has 0 atom stereocenters. The van der Waals surface area contributed by atoms with Gasteiger partial charge in [-0.1, -0.05) is 46.9 Å². The second-order valence-corrected chi connectivity index (χ2v) is 4.49. The Balaban J connectivity index is 2.61. The van der Waals surface area contributed by atoms with E-state index in [1.807, 2.05) is 6.07 Å². The second kappa shape index (κ2) is 4.54. The zero-order valence-electron chi connectivity index (χ0n) is 8.05. The van der Waals surface area contributed by atoms with E-state index in [0.717, 1.165) is 5.56 Å². The highest BCUT2D eigenvalue weighted by Gasteiger charge is 2.11. The van der Waals surface area contributed by atoms with Crippen LogP contribution >= 0.6 is 34.8 Å². The van der Waals surface area contributed by atoms with Gasteiger partial charge < -0.3 is 5.11 Å². The number of hydrogen-bond donors (Lipinski definition) is 1. The molecule has 0 aliphatic carbocycles. The Morgan fingerprint density at radius 2 is 1.69 bits per heavy atom. The van der Waals surface area contributed by atoms with Crippen molar-refractivity contribution in [1.29, 1.82) is 0 Å². The van der Waals surface area contributed by atoms with Crippen molar-refractivity contribution in [3.05, 3.63) is 51.5 Å². The van der Waals surface area contributed by atoms with Gasteiger partial charge in [-0.25, -0.2) is 0 Å².